The topological polar surface area (TPSA) is 19.6 Å². The summed E-state index contributed by atoms with van der Waals surface area (Å²) in [5.41, 5.74) is 15.5. The van der Waals surface area contributed by atoms with Crippen molar-refractivity contribution in [2.45, 2.75) is 12.8 Å². The van der Waals surface area contributed by atoms with E-state index in [-0.39, 0.29) is 0 Å². The van der Waals surface area contributed by atoms with Gasteiger partial charge < -0.3 is 14.2 Å². The number of para-hydroxylation sites is 4. The van der Waals surface area contributed by atoms with Gasteiger partial charge in [-0.1, -0.05) is 140 Å². The Bertz CT molecular complexity index is 2870. The van der Waals surface area contributed by atoms with Crippen LogP contribution in [0, 0.1) is 0 Å². The average Bonchev–Trinajstić information content (AvgIpc) is 3.66. The number of allylic oxidation sites excluding steroid dienone is 4. The molecule has 0 saturated carbocycles. The smallest absolute Gasteiger partial charge is 0.135 e. The van der Waals surface area contributed by atoms with Crippen molar-refractivity contribution in [3.8, 4) is 33.4 Å². The molecular formula is C54H40N2O. The molecule has 0 radical (unpaired) electrons. The molecule has 0 atom stereocenters. The lowest BCUT2D eigenvalue weighted by atomic mass is 9.88. The minimum Gasteiger partial charge on any atom is -0.456 e. The zero-order chi connectivity index (χ0) is 38.0. The molecule has 0 N–H and O–H groups in total. The van der Waals surface area contributed by atoms with E-state index in [9.17, 15) is 0 Å². The molecule has 272 valence electrons. The third-order valence-corrected chi connectivity index (χ3v) is 10.9. The van der Waals surface area contributed by atoms with Gasteiger partial charge in [0.05, 0.1) is 0 Å². The van der Waals surface area contributed by atoms with Crippen LogP contribution in [-0.2, 0) is 0 Å². The molecule has 9 aromatic rings. The zero-order valence-corrected chi connectivity index (χ0v) is 31.5. The van der Waals surface area contributed by atoms with Crippen LogP contribution in [0.4, 0.5) is 28.4 Å². The molecule has 0 unspecified atom stereocenters. The SMILES string of the molecule is C1=CCCC(N(c2ccccc2)c2cc(-c3ccccc3-c3ccccc3-c3ccc4oc5ccccc5c4c3)cc(N(c3ccccc3)c3ccccc3)c2)=C1. The molecule has 0 bridgehead atoms. The molecule has 3 heteroatoms. The first kappa shape index (κ1) is 34.2. The normalized spacial score (nSPS) is 12.5. The fraction of sp³-hybridized carbons (Fsp3) is 0.0370. The lowest BCUT2D eigenvalue weighted by Gasteiger charge is -2.32. The molecule has 1 aliphatic carbocycles. The summed E-state index contributed by atoms with van der Waals surface area (Å²) in [6.07, 6.45) is 8.66. The summed E-state index contributed by atoms with van der Waals surface area (Å²) in [6, 6.07) is 71.7. The Morgan fingerprint density at radius 2 is 0.877 bits per heavy atom. The van der Waals surface area contributed by atoms with Crippen molar-refractivity contribution in [1.29, 1.82) is 0 Å². The van der Waals surface area contributed by atoms with E-state index in [2.05, 4.69) is 216 Å². The molecule has 0 spiro atoms. The van der Waals surface area contributed by atoms with Crippen molar-refractivity contribution in [1.82, 2.24) is 0 Å². The molecule has 8 aromatic carbocycles. The van der Waals surface area contributed by atoms with Crippen LogP contribution in [0.15, 0.2) is 229 Å². The average molecular weight is 733 g/mol. The number of nitrogens with zero attached hydrogens (tertiary/aromatic N) is 2. The van der Waals surface area contributed by atoms with Gasteiger partial charge >= 0.3 is 0 Å². The summed E-state index contributed by atoms with van der Waals surface area (Å²) in [6.45, 7) is 0. The first-order valence-electron chi connectivity index (χ1n) is 19.7. The number of anilines is 5. The quantitative estimate of drug-likeness (QED) is 0.147. The highest BCUT2D eigenvalue weighted by Crippen LogP contribution is 2.45. The van der Waals surface area contributed by atoms with E-state index in [4.69, 9.17) is 4.42 Å². The van der Waals surface area contributed by atoms with Gasteiger partial charge in [0.2, 0.25) is 0 Å². The number of furan rings is 1. The second-order valence-corrected chi connectivity index (χ2v) is 14.4. The monoisotopic (exact) mass is 732 g/mol. The van der Waals surface area contributed by atoms with Gasteiger partial charge in [-0.15, -0.1) is 0 Å². The maximum atomic E-state index is 6.22. The zero-order valence-electron chi connectivity index (χ0n) is 31.5. The molecule has 1 aliphatic rings. The molecule has 3 nitrogen and oxygen atoms in total. The van der Waals surface area contributed by atoms with Gasteiger partial charge in [-0.05, 0) is 125 Å². The van der Waals surface area contributed by atoms with Crippen molar-refractivity contribution in [3.05, 3.63) is 224 Å². The van der Waals surface area contributed by atoms with Gasteiger partial charge in [0.15, 0.2) is 0 Å². The number of hydrogen-bond donors (Lipinski definition) is 0. The van der Waals surface area contributed by atoms with Gasteiger partial charge in [-0.2, -0.15) is 0 Å². The molecule has 57 heavy (non-hydrogen) atoms. The Hall–Kier alpha value is -7.36. The summed E-state index contributed by atoms with van der Waals surface area (Å²) in [4.78, 5) is 4.80. The highest BCUT2D eigenvalue weighted by molar-refractivity contribution is 6.07. The van der Waals surface area contributed by atoms with E-state index < -0.39 is 0 Å². The van der Waals surface area contributed by atoms with E-state index in [1.807, 2.05) is 12.1 Å². The van der Waals surface area contributed by atoms with Crippen molar-refractivity contribution >= 4 is 50.4 Å². The highest BCUT2D eigenvalue weighted by atomic mass is 16.3. The third kappa shape index (κ3) is 6.60. The van der Waals surface area contributed by atoms with Crippen LogP contribution in [0.25, 0.3) is 55.3 Å². The number of benzene rings is 8. The van der Waals surface area contributed by atoms with Crippen LogP contribution in [-0.4, -0.2) is 0 Å². The summed E-state index contributed by atoms with van der Waals surface area (Å²) >= 11 is 0. The van der Waals surface area contributed by atoms with Gasteiger partial charge in [-0.25, -0.2) is 0 Å². The fourth-order valence-electron chi connectivity index (χ4n) is 8.28. The van der Waals surface area contributed by atoms with Crippen LogP contribution in [0.5, 0.6) is 0 Å². The van der Waals surface area contributed by atoms with Crippen molar-refractivity contribution in [2.24, 2.45) is 0 Å². The predicted octanol–water partition coefficient (Wildman–Crippen LogP) is 15.4. The Kier molecular flexibility index (Phi) is 9.02. The van der Waals surface area contributed by atoms with Gasteiger partial charge in [0.1, 0.15) is 11.2 Å². The summed E-state index contributed by atoms with van der Waals surface area (Å²) in [5.74, 6) is 0. The van der Waals surface area contributed by atoms with E-state index >= 15 is 0 Å². The standard InChI is InChI=1S/C54H40N2O/c1-5-19-41(20-6-1)55(42-21-7-2-8-22-42)45-35-40(36-46(38-45)56(43-23-9-3-10-24-43)44-25-11-4-12-26-44)48-28-14-16-30-50(48)49-29-15-13-27-47(49)39-33-34-54-52(37-39)51-31-17-18-32-53(51)57-54/h1-11,13-25,27-38H,12,26H2. The largest absolute Gasteiger partial charge is 0.456 e. The second-order valence-electron chi connectivity index (χ2n) is 14.4. The Balaban J connectivity index is 1.20. The minimum atomic E-state index is 0.898. The van der Waals surface area contributed by atoms with Crippen LogP contribution in [0.1, 0.15) is 12.8 Å². The Labute approximate surface area is 333 Å². The molecule has 0 aliphatic heterocycles. The Morgan fingerprint density at radius 3 is 1.49 bits per heavy atom. The van der Waals surface area contributed by atoms with E-state index in [0.717, 1.165) is 79.9 Å². The summed E-state index contributed by atoms with van der Waals surface area (Å²) in [7, 11) is 0. The number of rotatable bonds is 9. The number of fused-ring (bicyclic) bond motifs is 3. The van der Waals surface area contributed by atoms with Crippen LogP contribution in [0.3, 0.4) is 0 Å². The molecule has 1 aromatic heterocycles. The van der Waals surface area contributed by atoms with Gasteiger partial charge in [0.25, 0.3) is 0 Å². The van der Waals surface area contributed by atoms with Crippen molar-refractivity contribution in [3.63, 3.8) is 0 Å². The fourth-order valence-corrected chi connectivity index (χ4v) is 8.28. The van der Waals surface area contributed by atoms with Crippen LogP contribution in [0.2, 0.25) is 0 Å². The maximum absolute atomic E-state index is 6.22. The van der Waals surface area contributed by atoms with E-state index in [1.165, 1.54) is 22.4 Å². The third-order valence-electron chi connectivity index (χ3n) is 10.9. The van der Waals surface area contributed by atoms with Gasteiger partial charge in [-0.3, -0.25) is 0 Å². The molecule has 0 amide bonds. The summed E-state index contributed by atoms with van der Waals surface area (Å²) < 4.78 is 6.22. The van der Waals surface area contributed by atoms with Crippen molar-refractivity contribution < 1.29 is 4.42 Å². The van der Waals surface area contributed by atoms with Gasteiger partial charge in [0, 0.05) is 44.9 Å². The summed E-state index contributed by atoms with van der Waals surface area (Å²) in [5, 5.41) is 2.25. The molecular weight excluding hydrogens is 693 g/mol. The Morgan fingerprint density at radius 1 is 0.368 bits per heavy atom. The lowest BCUT2D eigenvalue weighted by molar-refractivity contribution is 0.669. The molecule has 10 rings (SSSR count). The first-order chi connectivity index (χ1) is 28.3. The number of hydrogen-bond acceptors (Lipinski definition) is 3. The van der Waals surface area contributed by atoms with E-state index in [0.29, 0.717) is 0 Å². The van der Waals surface area contributed by atoms with E-state index in [1.54, 1.807) is 0 Å². The first-order valence-corrected chi connectivity index (χ1v) is 19.7. The predicted molar refractivity (Wildman–Crippen MR) is 240 cm³/mol. The molecule has 0 saturated heterocycles. The van der Waals surface area contributed by atoms with Crippen LogP contribution < -0.4 is 9.80 Å². The molecule has 1 heterocycles. The molecule has 0 fully saturated rings. The lowest BCUT2D eigenvalue weighted by Crippen LogP contribution is -2.18. The minimum absolute atomic E-state index is 0.898. The second kappa shape index (κ2) is 15.1. The van der Waals surface area contributed by atoms with Crippen LogP contribution >= 0.6 is 0 Å². The van der Waals surface area contributed by atoms with Crippen molar-refractivity contribution in [2.75, 3.05) is 9.80 Å². The maximum Gasteiger partial charge on any atom is 0.135 e. The highest BCUT2D eigenvalue weighted by Gasteiger charge is 2.22.